The maximum atomic E-state index is 12.6. The number of ether oxygens (including phenoxy) is 1. The number of hydrogen-bond acceptors (Lipinski definition) is 5. The molecule has 8 nitrogen and oxygen atoms in total. The first-order valence-electron chi connectivity index (χ1n) is 8.77. The van der Waals surface area contributed by atoms with Gasteiger partial charge in [-0.25, -0.2) is 9.59 Å². The van der Waals surface area contributed by atoms with Crippen molar-refractivity contribution in [3.8, 4) is 0 Å². The van der Waals surface area contributed by atoms with Crippen LogP contribution < -0.4 is 15.8 Å². The highest BCUT2D eigenvalue weighted by molar-refractivity contribution is 5.90. The predicted octanol–water partition coefficient (Wildman–Crippen LogP) is 1.28. The summed E-state index contributed by atoms with van der Waals surface area (Å²) in [7, 11) is 1.75. The van der Waals surface area contributed by atoms with E-state index in [1.807, 2.05) is 30.3 Å². The number of benzene rings is 1. The summed E-state index contributed by atoms with van der Waals surface area (Å²) < 4.78 is 4.88. The number of hydrogen-bond donors (Lipinski definition) is 2. The Labute approximate surface area is 153 Å². The molecule has 0 aliphatic carbocycles. The van der Waals surface area contributed by atoms with E-state index in [0.717, 1.165) is 12.1 Å². The van der Waals surface area contributed by atoms with E-state index in [-0.39, 0.29) is 12.5 Å². The highest BCUT2D eigenvalue weighted by atomic mass is 16.5. The van der Waals surface area contributed by atoms with Gasteiger partial charge in [0.05, 0.1) is 12.3 Å². The number of amides is 3. The lowest BCUT2D eigenvalue weighted by Crippen LogP contribution is -2.54. The number of hydrazine groups is 1. The molecule has 1 fully saturated rings. The zero-order valence-corrected chi connectivity index (χ0v) is 15.4. The van der Waals surface area contributed by atoms with Gasteiger partial charge >= 0.3 is 12.0 Å². The van der Waals surface area contributed by atoms with E-state index in [4.69, 9.17) is 4.74 Å². The Morgan fingerprint density at radius 1 is 1.31 bits per heavy atom. The van der Waals surface area contributed by atoms with E-state index >= 15 is 0 Å². The highest BCUT2D eigenvalue weighted by Crippen LogP contribution is 2.18. The third-order valence-corrected chi connectivity index (χ3v) is 4.22. The fourth-order valence-corrected chi connectivity index (χ4v) is 2.83. The lowest BCUT2D eigenvalue weighted by atomic mass is 10.2. The van der Waals surface area contributed by atoms with Crippen molar-refractivity contribution in [3.05, 3.63) is 30.3 Å². The van der Waals surface area contributed by atoms with Crippen molar-refractivity contribution >= 4 is 23.6 Å². The Bertz CT molecular complexity index is 637. The average molecular weight is 362 g/mol. The van der Waals surface area contributed by atoms with Crippen LogP contribution in [0.2, 0.25) is 0 Å². The Kier molecular flexibility index (Phi) is 6.82. The maximum Gasteiger partial charge on any atom is 0.328 e. The molecule has 1 aliphatic rings. The van der Waals surface area contributed by atoms with Crippen molar-refractivity contribution < 1.29 is 19.1 Å². The monoisotopic (exact) mass is 362 g/mol. The molecule has 0 spiro atoms. The summed E-state index contributed by atoms with van der Waals surface area (Å²) in [5.74, 6) is -0.752. The zero-order chi connectivity index (χ0) is 19.1. The summed E-state index contributed by atoms with van der Waals surface area (Å²) in [5.41, 5.74) is 3.64. The second-order valence-corrected chi connectivity index (χ2v) is 6.15. The van der Waals surface area contributed by atoms with Crippen LogP contribution in [-0.2, 0) is 14.3 Å². The van der Waals surface area contributed by atoms with Crippen LogP contribution in [0.4, 0.5) is 10.5 Å². The number of anilines is 1. The van der Waals surface area contributed by atoms with E-state index in [2.05, 4.69) is 10.7 Å². The molecule has 1 aromatic rings. The number of urea groups is 1. The van der Waals surface area contributed by atoms with Crippen LogP contribution in [0, 0.1) is 0 Å². The SMILES string of the molecule is CCOC(=O)[C@H](C)NC(=O)N1CCCC1C(=O)NN(C)c1ccccc1. The van der Waals surface area contributed by atoms with Gasteiger partial charge in [0.1, 0.15) is 12.1 Å². The molecule has 1 aromatic carbocycles. The minimum absolute atomic E-state index is 0.250. The number of carbonyl (C=O) groups is 3. The van der Waals surface area contributed by atoms with Crippen molar-refractivity contribution in [2.24, 2.45) is 0 Å². The second-order valence-electron chi connectivity index (χ2n) is 6.15. The summed E-state index contributed by atoms with van der Waals surface area (Å²) in [5, 5.41) is 4.22. The van der Waals surface area contributed by atoms with Crippen LogP contribution >= 0.6 is 0 Å². The molecule has 1 saturated heterocycles. The van der Waals surface area contributed by atoms with Crippen molar-refractivity contribution in [1.29, 1.82) is 0 Å². The molecule has 2 N–H and O–H groups in total. The smallest absolute Gasteiger partial charge is 0.328 e. The second kappa shape index (κ2) is 9.07. The number of likely N-dealkylation sites (tertiary alicyclic amines) is 1. The van der Waals surface area contributed by atoms with Crippen LogP contribution in [0.1, 0.15) is 26.7 Å². The molecule has 142 valence electrons. The molecular weight excluding hydrogens is 336 g/mol. The maximum absolute atomic E-state index is 12.6. The third-order valence-electron chi connectivity index (χ3n) is 4.22. The van der Waals surface area contributed by atoms with Gasteiger partial charge in [0.2, 0.25) is 0 Å². The average Bonchev–Trinajstić information content (AvgIpc) is 3.12. The van der Waals surface area contributed by atoms with Crippen molar-refractivity contribution in [2.75, 3.05) is 25.2 Å². The van der Waals surface area contributed by atoms with Gasteiger partial charge in [-0.2, -0.15) is 0 Å². The van der Waals surface area contributed by atoms with Crippen LogP contribution in [0.25, 0.3) is 0 Å². The predicted molar refractivity (Wildman–Crippen MR) is 97.3 cm³/mol. The van der Waals surface area contributed by atoms with Crippen LogP contribution in [0.5, 0.6) is 0 Å². The standard InChI is InChI=1S/C18H26N4O4/c1-4-26-17(24)13(2)19-18(25)22-12-8-11-15(22)16(23)20-21(3)14-9-6-5-7-10-14/h5-7,9-10,13,15H,4,8,11-12H2,1-3H3,(H,19,25)(H,20,23)/t13-,15?/m0/s1. The summed E-state index contributed by atoms with van der Waals surface area (Å²) in [6.45, 7) is 3.98. The molecule has 0 saturated carbocycles. The van der Waals surface area contributed by atoms with Gasteiger partial charge in [0, 0.05) is 13.6 Å². The Hall–Kier alpha value is -2.77. The van der Waals surface area contributed by atoms with Gasteiger partial charge in [0.15, 0.2) is 0 Å². The van der Waals surface area contributed by atoms with Crippen molar-refractivity contribution in [1.82, 2.24) is 15.6 Å². The summed E-state index contributed by atoms with van der Waals surface area (Å²) in [6.07, 6.45) is 1.31. The minimum atomic E-state index is -0.765. The van der Waals surface area contributed by atoms with Gasteiger partial charge in [-0.15, -0.1) is 0 Å². The topological polar surface area (TPSA) is 91.0 Å². The van der Waals surface area contributed by atoms with Crippen LogP contribution in [-0.4, -0.2) is 55.1 Å². The van der Waals surface area contributed by atoms with E-state index in [1.165, 1.54) is 4.90 Å². The molecule has 2 atom stereocenters. The number of carbonyl (C=O) groups excluding carboxylic acids is 3. The van der Waals surface area contributed by atoms with Crippen molar-refractivity contribution in [3.63, 3.8) is 0 Å². The van der Waals surface area contributed by atoms with E-state index in [0.29, 0.717) is 13.0 Å². The van der Waals surface area contributed by atoms with Crippen molar-refractivity contribution in [2.45, 2.75) is 38.8 Å². The molecule has 0 aromatic heterocycles. The number of nitrogens with zero attached hydrogens (tertiary/aromatic N) is 2. The first-order valence-corrected chi connectivity index (χ1v) is 8.77. The molecule has 2 rings (SSSR count). The number of esters is 1. The largest absolute Gasteiger partial charge is 0.464 e. The quantitative estimate of drug-likeness (QED) is 0.588. The molecule has 8 heteroatoms. The molecule has 1 unspecified atom stereocenters. The fourth-order valence-electron chi connectivity index (χ4n) is 2.83. The zero-order valence-electron chi connectivity index (χ0n) is 15.4. The molecule has 3 amide bonds. The fraction of sp³-hybridized carbons (Fsp3) is 0.500. The first-order chi connectivity index (χ1) is 12.4. The van der Waals surface area contributed by atoms with Crippen LogP contribution in [0.15, 0.2) is 30.3 Å². The highest BCUT2D eigenvalue weighted by Gasteiger charge is 2.35. The molecular formula is C18H26N4O4. The molecule has 0 bridgehead atoms. The molecule has 1 heterocycles. The molecule has 1 aliphatic heterocycles. The summed E-state index contributed by atoms with van der Waals surface area (Å²) in [6, 6.07) is 7.63. The Balaban J connectivity index is 1.94. The van der Waals surface area contributed by atoms with E-state index < -0.39 is 24.1 Å². The van der Waals surface area contributed by atoms with E-state index in [1.54, 1.807) is 25.9 Å². The van der Waals surface area contributed by atoms with Gasteiger partial charge in [-0.3, -0.25) is 15.2 Å². The van der Waals surface area contributed by atoms with Gasteiger partial charge < -0.3 is 15.0 Å². The summed E-state index contributed by atoms with van der Waals surface area (Å²) in [4.78, 5) is 38.2. The lowest BCUT2D eigenvalue weighted by molar-refractivity contribution is -0.144. The Morgan fingerprint density at radius 3 is 2.65 bits per heavy atom. The number of para-hydroxylation sites is 1. The van der Waals surface area contributed by atoms with E-state index in [9.17, 15) is 14.4 Å². The first kappa shape index (κ1) is 19.6. The van der Waals surface area contributed by atoms with Gasteiger partial charge in [-0.05, 0) is 38.8 Å². The molecule has 26 heavy (non-hydrogen) atoms. The third kappa shape index (κ3) is 4.87. The van der Waals surface area contributed by atoms with Gasteiger partial charge in [-0.1, -0.05) is 18.2 Å². The van der Waals surface area contributed by atoms with Crippen LogP contribution in [0.3, 0.4) is 0 Å². The number of nitrogens with one attached hydrogen (secondary N) is 2. The normalized spacial score (nSPS) is 17.3. The minimum Gasteiger partial charge on any atom is -0.464 e. The Morgan fingerprint density at radius 2 is 2.00 bits per heavy atom. The lowest BCUT2D eigenvalue weighted by Gasteiger charge is -2.28. The summed E-state index contributed by atoms with van der Waals surface area (Å²) >= 11 is 0. The number of rotatable bonds is 6. The van der Waals surface area contributed by atoms with Gasteiger partial charge in [0.25, 0.3) is 5.91 Å². The molecule has 0 radical (unpaired) electrons.